The van der Waals surface area contributed by atoms with Gasteiger partial charge in [0, 0.05) is 5.56 Å². The van der Waals surface area contributed by atoms with Crippen LogP contribution < -0.4 is 14.2 Å². The van der Waals surface area contributed by atoms with Gasteiger partial charge in [0.25, 0.3) is 0 Å². The number of rotatable bonds is 9. The van der Waals surface area contributed by atoms with Gasteiger partial charge in [0.15, 0.2) is 18.5 Å². The summed E-state index contributed by atoms with van der Waals surface area (Å²) in [7, 11) is 1.57. The SMILES string of the molecule is CCOc1ccc(C(=O)COC(=O)C(C)Oc2ccc(OC)cc2)cc1. The second-order valence-electron chi connectivity index (χ2n) is 5.42. The van der Waals surface area contributed by atoms with Crippen LogP contribution in [-0.4, -0.2) is 38.2 Å². The maximum atomic E-state index is 12.1. The van der Waals surface area contributed by atoms with Gasteiger partial charge < -0.3 is 18.9 Å². The van der Waals surface area contributed by atoms with Crippen LogP contribution in [0, 0.1) is 0 Å². The fourth-order valence-corrected chi connectivity index (χ4v) is 2.15. The van der Waals surface area contributed by atoms with Crippen molar-refractivity contribution in [1.82, 2.24) is 0 Å². The van der Waals surface area contributed by atoms with Crippen molar-refractivity contribution < 1.29 is 28.5 Å². The van der Waals surface area contributed by atoms with Gasteiger partial charge in [-0.05, 0) is 62.4 Å². The number of carbonyl (C=O) groups is 2. The van der Waals surface area contributed by atoms with E-state index in [2.05, 4.69) is 0 Å². The highest BCUT2D eigenvalue weighted by molar-refractivity contribution is 5.98. The lowest BCUT2D eigenvalue weighted by atomic mass is 10.1. The first-order valence-corrected chi connectivity index (χ1v) is 8.27. The normalized spacial score (nSPS) is 11.3. The first-order valence-electron chi connectivity index (χ1n) is 8.27. The van der Waals surface area contributed by atoms with Crippen molar-refractivity contribution in [3.05, 3.63) is 54.1 Å². The second-order valence-corrected chi connectivity index (χ2v) is 5.42. The van der Waals surface area contributed by atoms with Crippen molar-refractivity contribution >= 4 is 11.8 Å². The minimum absolute atomic E-state index is 0.293. The summed E-state index contributed by atoms with van der Waals surface area (Å²) in [5.74, 6) is 0.974. The summed E-state index contributed by atoms with van der Waals surface area (Å²) < 4.78 is 20.9. The molecule has 1 atom stereocenters. The summed E-state index contributed by atoms with van der Waals surface area (Å²) in [4.78, 5) is 24.1. The molecule has 0 fully saturated rings. The number of ether oxygens (including phenoxy) is 4. The molecule has 0 N–H and O–H groups in total. The van der Waals surface area contributed by atoms with E-state index in [1.807, 2.05) is 6.92 Å². The van der Waals surface area contributed by atoms with Gasteiger partial charge in [-0.1, -0.05) is 0 Å². The molecule has 0 saturated carbocycles. The van der Waals surface area contributed by atoms with Crippen molar-refractivity contribution in [2.75, 3.05) is 20.3 Å². The largest absolute Gasteiger partial charge is 0.497 e. The molecule has 2 aromatic carbocycles. The van der Waals surface area contributed by atoms with Crippen molar-refractivity contribution in [2.24, 2.45) is 0 Å². The summed E-state index contributed by atoms with van der Waals surface area (Å²) in [6.07, 6.45) is -0.837. The molecule has 6 heteroatoms. The Hall–Kier alpha value is -3.02. The molecule has 0 aromatic heterocycles. The highest BCUT2D eigenvalue weighted by Gasteiger charge is 2.18. The van der Waals surface area contributed by atoms with Crippen LogP contribution in [0.1, 0.15) is 24.2 Å². The number of methoxy groups -OCH3 is 1. The minimum Gasteiger partial charge on any atom is -0.497 e. The van der Waals surface area contributed by atoms with Crippen LogP contribution in [-0.2, 0) is 9.53 Å². The summed E-state index contributed by atoms with van der Waals surface area (Å²) in [5, 5.41) is 0. The number of hydrogen-bond donors (Lipinski definition) is 0. The third-order valence-corrected chi connectivity index (χ3v) is 3.54. The molecule has 2 aromatic rings. The van der Waals surface area contributed by atoms with Crippen molar-refractivity contribution in [3.63, 3.8) is 0 Å². The summed E-state index contributed by atoms with van der Waals surface area (Å²) in [5.41, 5.74) is 0.449. The lowest BCUT2D eigenvalue weighted by Gasteiger charge is -2.14. The molecule has 0 saturated heterocycles. The Kier molecular flexibility index (Phi) is 7.02. The number of carbonyl (C=O) groups excluding carboxylic acids is 2. The van der Waals surface area contributed by atoms with E-state index in [0.717, 1.165) is 0 Å². The van der Waals surface area contributed by atoms with Crippen LogP contribution in [0.3, 0.4) is 0 Å². The molecular weight excluding hydrogens is 336 g/mol. The quantitative estimate of drug-likeness (QED) is 0.506. The predicted octanol–water partition coefficient (Wildman–Crippen LogP) is 3.29. The van der Waals surface area contributed by atoms with Crippen LogP contribution in [0.15, 0.2) is 48.5 Å². The molecule has 26 heavy (non-hydrogen) atoms. The van der Waals surface area contributed by atoms with Gasteiger partial charge >= 0.3 is 5.97 Å². The minimum atomic E-state index is -0.837. The van der Waals surface area contributed by atoms with Crippen LogP contribution in [0.4, 0.5) is 0 Å². The molecule has 0 heterocycles. The van der Waals surface area contributed by atoms with Crippen LogP contribution in [0.5, 0.6) is 17.2 Å². The number of benzene rings is 2. The number of ketones is 1. The third-order valence-electron chi connectivity index (χ3n) is 3.54. The van der Waals surface area contributed by atoms with E-state index in [-0.39, 0.29) is 12.4 Å². The fraction of sp³-hybridized carbons (Fsp3) is 0.300. The zero-order valence-electron chi connectivity index (χ0n) is 15.1. The van der Waals surface area contributed by atoms with E-state index < -0.39 is 12.1 Å². The Balaban J connectivity index is 1.83. The fourth-order valence-electron chi connectivity index (χ4n) is 2.15. The zero-order chi connectivity index (χ0) is 18.9. The summed E-state index contributed by atoms with van der Waals surface area (Å²) in [6, 6.07) is 13.5. The maximum Gasteiger partial charge on any atom is 0.347 e. The molecule has 0 aliphatic heterocycles. The number of esters is 1. The maximum absolute atomic E-state index is 12.1. The standard InChI is InChI=1S/C20H22O6/c1-4-24-17-7-5-15(6-8-17)19(21)13-25-20(22)14(2)26-18-11-9-16(23-3)10-12-18/h5-12,14H,4,13H2,1-3H3. The first kappa shape index (κ1) is 19.3. The van der Waals surface area contributed by atoms with Crippen LogP contribution >= 0.6 is 0 Å². The third kappa shape index (κ3) is 5.51. The van der Waals surface area contributed by atoms with E-state index in [0.29, 0.717) is 29.4 Å². The van der Waals surface area contributed by atoms with Gasteiger partial charge in [0.1, 0.15) is 17.2 Å². The molecule has 2 rings (SSSR count). The first-order chi connectivity index (χ1) is 12.5. The molecule has 0 amide bonds. The smallest absolute Gasteiger partial charge is 0.347 e. The highest BCUT2D eigenvalue weighted by Crippen LogP contribution is 2.18. The molecule has 0 spiro atoms. The van der Waals surface area contributed by atoms with Gasteiger partial charge in [0.05, 0.1) is 13.7 Å². The Labute approximate surface area is 152 Å². The average Bonchev–Trinajstić information content (AvgIpc) is 2.67. The highest BCUT2D eigenvalue weighted by atomic mass is 16.6. The van der Waals surface area contributed by atoms with Gasteiger partial charge in [0.2, 0.25) is 0 Å². The van der Waals surface area contributed by atoms with Crippen molar-refractivity contribution in [3.8, 4) is 17.2 Å². The van der Waals surface area contributed by atoms with E-state index in [1.54, 1.807) is 62.6 Å². The molecule has 0 aliphatic carbocycles. The van der Waals surface area contributed by atoms with Crippen molar-refractivity contribution in [2.45, 2.75) is 20.0 Å². The van der Waals surface area contributed by atoms with E-state index >= 15 is 0 Å². The van der Waals surface area contributed by atoms with Gasteiger partial charge in [-0.2, -0.15) is 0 Å². The lowest BCUT2D eigenvalue weighted by molar-refractivity contribution is -0.149. The monoisotopic (exact) mass is 358 g/mol. The summed E-state index contributed by atoms with van der Waals surface area (Å²) >= 11 is 0. The van der Waals surface area contributed by atoms with E-state index in [9.17, 15) is 9.59 Å². The Morgan fingerprint density at radius 2 is 1.50 bits per heavy atom. The van der Waals surface area contributed by atoms with Crippen LogP contribution in [0.25, 0.3) is 0 Å². The molecule has 0 bridgehead atoms. The zero-order valence-corrected chi connectivity index (χ0v) is 15.1. The Morgan fingerprint density at radius 3 is 2.08 bits per heavy atom. The van der Waals surface area contributed by atoms with E-state index in [1.165, 1.54) is 0 Å². The second kappa shape index (κ2) is 9.46. The topological polar surface area (TPSA) is 71.1 Å². The molecule has 6 nitrogen and oxygen atoms in total. The van der Waals surface area contributed by atoms with E-state index in [4.69, 9.17) is 18.9 Å². The molecule has 0 aliphatic rings. The predicted molar refractivity (Wildman–Crippen MR) is 96.0 cm³/mol. The summed E-state index contributed by atoms with van der Waals surface area (Å²) in [6.45, 7) is 3.65. The molecular formula is C20H22O6. The lowest BCUT2D eigenvalue weighted by Crippen LogP contribution is -2.28. The van der Waals surface area contributed by atoms with Gasteiger partial charge in [-0.15, -0.1) is 0 Å². The van der Waals surface area contributed by atoms with Crippen LogP contribution in [0.2, 0.25) is 0 Å². The molecule has 138 valence electrons. The number of Topliss-reactive ketones (excluding diaryl/α,β-unsaturated/α-hetero) is 1. The molecule has 1 unspecified atom stereocenters. The Morgan fingerprint density at radius 1 is 0.923 bits per heavy atom. The van der Waals surface area contributed by atoms with Gasteiger partial charge in [-0.25, -0.2) is 4.79 Å². The Bertz CT molecular complexity index is 721. The number of hydrogen-bond acceptors (Lipinski definition) is 6. The van der Waals surface area contributed by atoms with Gasteiger partial charge in [-0.3, -0.25) is 4.79 Å². The molecule has 0 radical (unpaired) electrons. The van der Waals surface area contributed by atoms with Crippen molar-refractivity contribution in [1.29, 1.82) is 0 Å². The average molecular weight is 358 g/mol.